The number of hydrogen-bond acceptors (Lipinski definition) is 3. The molecule has 106 valence electrons. The van der Waals surface area contributed by atoms with Crippen LogP contribution in [0.1, 0.15) is 0 Å². The van der Waals surface area contributed by atoms with Gasteiger partial charge < -0.3 is 10.5 Å². The van der Waals surface area contributed by atoms with Gasteiger partial charge in [-0.15, -0.1) is 0 Å². The molecule has 21 heavy (non-hydrogen) atoms. The second-order valence-electron chi connectivity index (χ2n) is 4.53. The molecule has 0 amide bonds. The van der Waals surface area contributed by atoms with E-state index in [-0.39, 0.29) is 5.56 Å². The zero-order valence-corrected chi connectivity index (χ0v) is 11.5. The van der Waals surface area contributed by atoms with Gasteiger partial charge in [-0.05, 0) is 24.3 Å². The Balaban J connectivity index is 2.15. The van der Waals surface area contributed by atoms with Crippen LogP contribution >= 0.6 is 0 Å². The number of hydrogen-bond donors (Lipinski definition) is 1. The van der Waals surface area contributed by atoms with Crippen molar-refractivity contribution in [2.24, 2.45) is 0 Å². The molecule has 0 unspecified atom stereocenters. The molecule has 2 aromatic carbocycles. The van der Waals surface area contributed by atoms with E-state index in [1.54, 1.807) is 23.0 Å². The molecule has 4 nitrogen and oxygen atoms in total. The number of nitrogens with two attached hydrogens (primary N) is 1. The monoisotopic (exact) mass is 283 g/mol. The van der Waals surface area contributed by atoms with Crippen LogP contribution in [-0.4, -0.2) is 16.9 Å². The largest absolute Gasteiger partial charge is 0.496 e. The summed E-state index contributed by atoms with van der Waals surface area (Å²) < 4.78 is 21.0. The topological polar surface area (TPSA) is 53.1 Å². The first-order chi connectivity index (χ1) is 10.2. The van der Waals surface area contributed by atoms with Crippen LogP contribution in [0.25, 0.3) is 16.9 Å². The fraction of sp³-hybridized carbons (Fsp3) is 0.0625. The third kappa shape index (κ3) is 2.33. The fourth-order valence-corrected chi connectivity index (χ4v) is 2.20. The van der Waals surface area contributed by atoms with Crippen molar-refractivity contribution >= 4 is 5.69 Å². The van der Waals surface area contributed by atoms with E-state index in [1.165, 1.54) is 13.2 Å². The van der Waals surface area contributed by atoms with Gasteiger partial charge in [-0.25, -0.2) is 9.07 Å². The molecule has 0 aliphatic rings. The molecule has 0 aliphatic heterocycles. The maximum Gasteiger partial charge on any atom is 0.136 e. The third-order valence-corrected chi connectivity index (χ3v) is 3.20. The van der Waals surface area contributed by atoms with E-state index in [1.807, 2.05) is 30.3 Å². The van der Waals surface area contributed by atoms with Crippen molar-refractivity contribution < 1.29 is 9.13 Å². The highest BCUT2D eigenvalue weighted by atomic mass is 19.1. The fourth-order valence-electron chi connectivity index (χ4n) is 2.20. The van der Waals surface area contributed by atoms with Gasteiger partial charge >= 0.3 is 0 Å². The first kappa shape index (κ1) is 13.2. The Hall–Kier alpha value is -2.82. The van der Waals surface area contributed by atoms with Crippen molar-refractivity contribution in [3.63, 3.8) is 0 Å². The van der Waals surface area contributed by atoms with E-state index in [2.05, 4.69) is 5.10 Å². The smallest absolute Gasteiger partial charge is 0.136 e. The van der Waals surface area contributed by atoms with Crippen molar-refractivity contribution in [1.82, 2.24) is 9.78 Å². The molecule has 0 spiro atoms. The van der Waals surface area contributed by atoms with Gasteiger partial charge in [0.15, 0.2) is 0 Å². The summed E-state index contributed by atoms with van der Waals surface area (Å²) in [7, 11) is 1.49. The highest BCUT2D eigenvalue weighted by molar-refractivity contribution is 5.77. The Kier molecular flexibility index (Phi) is 3.31. The lowest BCUT2D eigenvalue weighted by molar-refractivity contribution is 0.413. The van der Waals surface area contributed by atoms with E-state index < -0.39 is 5.82 Å². The number of nitrogen functional groups attached to an aromatic ring is 1. The van der Waals surface area contributed by atoms with Gasteiger partial charge in [0, 0.05) is 0 Å². The van der Waals surface area contributed by atoms with E-state index in [9.17, 15) is 4.39 Å². The van der Waals surface area contributed by atoms with Crippen LogP contribution in [0.5, 0.6) is 5.75 Å². The standard InChI is InChI=1S/C16H14FN3O/c1-21-14-9-5-8-12(17)15(14)16-13(18)10-20(19-16)11-6-3-2-4-7-11/h2-10H,18H2,1H3. The van der Waals surface area contributed by atoms with E-state index >= 15 is 0 Å². The van der Waals surface area contributed by atoms with Crippen LogP contribution in [-0.2, 0) is 0 Å². The second-order valence-corrected chi connectivity index (χ2v) is 4.53. The molecule has 1 heterocycles. The second kappa shape index (κ2) is 5.28. The maximum atomic E-state index is 14.1. The Morgan fingerprint density at radius 3 is 2.57 bits per heavy atom. The predicted octanol–water partition coefficient (Wildman–Crippen LogP) is 3.27. The Morgan fingerprint density at radius 2 is 1.86 bits per heavy atom. The minimum absolute atomic E-state index is 0.271. The van der Waals surface area contributed by atoms with Gasteiger partial charge in [-0.1, -0.05) is 24.3 Å². The third-order valence-electron chi connectivity index (χ3n) is 3.20. The summed E-state index contributed by atoms with van der Waals surface area (Å²) in [6.45, 7) is 0. The van der Waals surface area contributed by atoms with E-state index in [0.717, 1.165) is 5.69 Å². The lowest BCUT2D eigenvalue weighted by Gasteiger charge is -2.07. The van der Waals surface area contributed by atoms with Crippen LogP contribution in [0, 0.1) is 5.82 Å². The molecule has 0 aliphatic carbocycles. The number of rotatable bonds is 3. The van der Waals surface area contributed by atoms with Gasteiger partial charge in [0.2, 0.25) is 0 Å². The number of nitrogens with zero attached hydrogens (tertiary/aromatic N) is 2. The minimum Gasteiger partial charge on any atom is -0.496 e. The van der Waals surface area contributed by atoms with Crippen molar-refractivity contribution in [3.8, 4) is 22.7 Å². The summed E-state index contributed by atoms with van der Waals surface area (Å²) in [5, 5.41) is 4.39. The van der Waals surface area contributed by atoms with Crippen molar-refractivity contribution in [2.75, 3.05) is 12.8 Å². The molecule has 0 atom stereocenters. The Labute approximate surface area is 121 Å². The summed E-state index contributed by atoms with van der Waals surface area (Å²) >= 11 is 0. The van der Waals surface area contributed by atoms with E-state index in [4.69, 9.17) is 10.5 Å². The van der Waals surface area contributed by atoms with E-state index in [0.29, 0.717) is 17.1 Å². The molecule has 3 aromatic rings. The first-order valence-electron chi connectivity index (χ1n) is 6.44. The lowest BCUT2D eigenvalue weighted by Crippen LogP contribution is -1.97. The maximum absolute atomic E-state index is 14.1. The van der Waals surface area contributed by atoms with Crippen LogP contribution in [0.3, 0.4) is 0 Å². The quantitative estimate of drug-likeness (QED) is 0.802. The average molecular weight is 283 g/mol. The molecule has 0 saturated carbocycles. The van der Waals surface area contributed by atoms with Gasteiger partial charge in [0.05, 0.1) is 30.2 Å². The summed E-state index contributed by atoms with van der Waals surface area (Å²) in [5.74, 6) is -0.0145. The van der Waals surface area contributed by atoms with Crippen LogP contribution in [0.2, 0.25) is 0 Å². The Morgan fingerprint density at radius 1 is 1.10 bits per heavy atom. The molecule has 1 aromatic heterocycles. The zero-order chi connectivity index (χ0) is 14.8. The van der Waals surface area contributed by atoms with Gasteiger partial charge in [-0.2, -0.15) is 5.10 Å². The molecule has 5 heteroatoms. The van der Waals surface area contributed by atoms with Crippen LogP contribution < -0.4 is 10.5 Å². The molecule has 0 saturated heterocycles. The summed E-state index contributed by atoms with van der Waals surface area (Å²) in [5.41, 5.74) is 7.88. The van der Waals surface area contributed by atoms with Crippen molar-refractivity contribution in [2.45, 2.75) is 0 Å². The van der Waals surface area contributed by atoms with Gasteiger partial charge in [0.25, 0.3) is 0 Å². The highest BCUT2D eigenvalue weighted by Crippen LogP contribution is 2.35. The summed E-state index contributed by atoms with van der Waals surface area (Å²) in [4.78, 5) is 0. The lowest BCUT2D eigenvalue weighted by atomic mass is 10.1. The molecule has 3 rings (SSSR count). The number of ether oxygens (including phenoxy) is 1. The Bertz CT molecular complexity index is 768. The van der Waals surface area contributed by atoms with Crippen LogP contribution in [0.4, 0.5) is 10.1 Å². The molecule has 0 radical (unpaired) electrons. The summed E-state index contributed by atoms with van der Waals surface area (Å²) in [6, 6.07) is 14.1. The van der Waals surface area contributed by atoms with Crippen molar-refractivity contribution in [1.29, 1.82) is 0 Å². The molecule has 2 N–H and O–H groups in total. The zero-order valence-electron chi connectivity index (χ0n) is 11.5. The number of methoxy groups -OCH3 is 1. The predicted molar refractivity (Wildman–Crippen MR) is 79.9 cm³/mol. The molecular formula is C16H14FN3O. The van der Waals surface area contributed by atoms with Gasteiger partial charge in [0.1, 0.15) is 17.3 Å². The average Bonchev–Trinajstić information content (AvgIpc) is 2.89. The summed E-state index contributed by atoms with van der Waals surface area (Å²) in [6.07, 6.45) is 1.66. The number of halogens is 1. The molecular weight excluding hydrogens is 269 g/mol. The number of para-hydroxylation sites is 1. The number of anilines is 1. The number of benzene rings is 2. The SMILES string of the molecule is COc1cccc(F)c1-c1nn(-c2ccccc2)cc1N. The first-order valence-corrected chi connectivity index (χ1v) is 6.44. The van der Waals surface area contributed by atoms with Crippen molar-refractivity contribution in [3.05, 3.63) is 60.5 Å². The van der Waals surface area contributed by atoms with Crippen LogP contribution in [0.15, 0.2) is 54.7 Å². The van der Waals surface area contributed by atoms with Gasteiger partial charge in [-0.3, -0.25) is 0 Å². The normalized spacial score (nSPS) is 10.6. The number of aromatic nitrogens is 2. The molecule has 0 bridgehead atoms. The highest BCUT2D eigenvalue weighted by Gasteiger charge is 2.18. The molecule has 0 fully saturated rings. The minimum atomic E-state index is -0.417.